The lowest BCUT2D eigenvalue weighted by Crippen LogP contribution is -2.28. The van der Waals surface area contributed by atoms with Gasteiger partial charge in [-0.1, -0.05) is 11.6 Å². The lowest BCUT2D eigenvalue weighted by atomic mass is 10.0. The molecule has 4 aromatic rings. The first-order valence-corrected chi connectivity index (χ1v) is 11.6. The van der Waals surface area contributed by atoms with Crippen LogP contribution in [0.2, 0.25) is 5.02 Å². The van der Waals surface area contributed by atoms with Gasteiger partial charge in [-0.15, -0.1) is 0 Å². The van der Waals surface area contributed by atoms with Gasteiger partial charge in [0.1, 0.15) is 11.6 Å². The Hall–Kier alpha value is -3.26. The number of H-pyrrole nitrogens is 1. The van der Waals surface area contributed by atoms with Crippen molar-refractivity contribution < 1.29 is 13.6 Å². The molecule has 2 heterocycles. The molecule has 2 aromatic heterocycles. The minimum absolute atomic E-state index is 0.153. The van der Waals surface area contributed by atoms with E-state index in [9.17, 15) is 13.6 Å². The summed E-state index contributed by atoms with van der Waals surface area (Å²) in [4.78, 5) is 25.2. The van der Waals surface area contributed by atoms with Crippen LogP contribution in [0.4, 0.5) is 8.78 Å². The van der Waals surface area contributed by atoms with E-state index in [1.54, 1.807) is 35.8 Å². The molecule has 0 fully saturated rings. The van der Waals surface area contributed by atoms with Crippen molar-refractivity contribution in [3.05, 3.63) is 75.6 Å². The molecule has 0 radical (unpaired) electrons. The molecular weight excluding hydrogens is 460 g/mol. The van der Waals surface area contributed by atoms with E-state index < -0.39 is 17.9 Å². The number of aromatic amines is 1. The van der Waals surface area contributed by atoms with Gasteiger partial charge in [-0.25, -0.2) is 18.7 Å². The van der Waals surface area contributed by atoms with Crippen molar-refractivity contribution in [2.75, 3.05) is 0 Å². The summed E-state index contributed by atoms with van der Waals surface area (Å²) in [5.41, 5.74) is 3.72. The van der Waals surface area contributed by atoms with Gasteiger partial charge in [-0.05, 0) is 69.5 Å². The van der Waals surface area contributed by atoms with E-state index in [0.717, 1.165) is 43.1 Å². The number of nitrogens with zero attached hydrogens (tertiary/aromatic N) is 3. The number of hydrogen-bond acceptors (Lipinski definition) is 3. The van der Waals surface area contributed by atoms with Crippen molar-refractivity contribution >= 4 is 28.5 Å². The molecule has 6 nitrogen and oxygen atoms in total. The highest BCUT2D eigenvalue weighted by molar-refractivity contribution is 6.31. The zero-order valence-corrected chi connectivity index (χ0v) is 19.8. The molecule has 2 N–H and O–H groups in total. The molecule has 0 aliphatic heterocycles. The average Bonchev–Trinajstić information content (AvgIpc) is 3.46. The summed E-state index contributed by atoms with van der Waals surface area (Å²) in [7, 11) is 0. The number of benzene rings is 2. The third kappa shape index (κ3) is 3.96. The zero-order chi connectivity index (χ0) is 24.2. The smallest absolute Gasteiger partial charge is 0.272 e. The summed E-state index contributed by atoms with van der Waals surface area (Å²) >= 11 is 6.02. The number of carbonyl (C=O) groups is 1. The number of aromatic nitrogens is 4. The maximum Gasteiger partial charge on any atom is 0.272 e. The molecule has 5 rings (SSSR count). The molecule has 1 aliphatic carbocycles. The predicted octanol–water partition coefficient (Wildman–Crippen LogP) is 5.80. The van der Waals surface area contributed by atoms with Gasteiger partial charge in [-0.2, -0.15) is 0 Å². The highest BCUT2D eigenvalue weighted by Gasteiger charge is 2.32. The number of rotatable bonds is 5. The number of amides is 1. The Morgan fingerprint density at radius 1 is 1.21 bits per heavy atom. The summed E-state index contributed by atoms with van der Waals surface area (Å²) < 4.78 is 31.2. The third-order valence-electron chi connectivity index (χ3n) is 6.24. The van der Waals surface area contributed by atoms with Gasteiger partial charge < -0.3 is 14.9 Å². The number of aryl methyl sites for hydroxylation is 2. The summed E-state index contributed by atoms with van der Waals surface area (Å²) in [6.45, 7) is 4.44. The largest absolute Gasteiger partial charge is 0.342 e. The van der Waals surface area contributed by atoms with Gasteiger partial charge in [0.2, 0.25) is 0 Å². The number of imidazole rings is 2. The van der Waals surface area contributed by atoms with Crippen LogP contribution in [-0.2, 0) is 18.8 Å². The lowest BCUT2D eigenvalue weighted by Gasteiger charge is -2.20. The molecule has 2 aromatic carbocycles. The first kappa shape index (κ1) is 22.5. The van der Waals surface area contributed by atoms with Crippen LogP contribution in [0.15, 0.2) is 36.4 Å². The molecule has 0 bridgehead atoms. The van der Waals surface area contributed by atoms with Crippen molar-refractivity contribution in [3.8, 4) is 5.69 Å². The van der Waals surface area contributed by atoms with Gasteiger partial charge in [0.15, 0.2) is 0 Å². The normalized spacial score (nSPS) is 14.4. The second kappa shape index (κ2) is 8.20. The summed E-state index contributed by atoms with van der Waals surface area (Å²) in [5.74, 6) is -2.38. The summed E-state index contributed by atoms with van der Waals surface area (Å²) in [6, 6.07) is 9.26. The number of fused-ring (bicyclic) bond motifs is 2. The number of nitrogens with one attached hydrogen (secondary N) is 2. The minimum Gasteiger partial charge on any atom is -0.342 e. The van der Waals surface area contributed by atoms with Crippen LogP contribution < -0.4 is 5.32 Å². The maximum absolute atomic E-state index is 14.7. The molecule has 34 heavy (non-hydrogen) atoms. The van der Waals surface area contributed by atoms with Crippen molar-refractivity contribution in [2.24, 2.45) is 0 Å². The minimum atomic E-state index is -3.14. The van der Waals surface area contributed by atoms with Crippen LogP contribution in [-0.4, -0.2) is 25.4 Å². The van der Waals surface area contributed by atoms with Gasteiger partial charge in [0.25, 0.3) is 11.8 Å². The number of halogens is 3. The van der Waals surface area contributed by atoms with Crippen LogP contribution in [0.1, 0.15) is 65.3 Å². The van der Waals surface area contributed by atoms with Gasteiger partial charge in [-0.3, -0.25) is 4.79 Å². The molecule has 0 saturated heterocycles. The second-order valence-corrected chi connectivity index (χ2v) is 9.28. The van der Waals surface area contributed by atoms with Gasteiger partial charge >= 0.3 is 0 Å². The van der Waals surface area contributed by atoms with Crippen molar-refractivity contribution in [1.29, 1.82) is 0 Å². The highest BCUT2D eigenvalue weighted by Crippen LogP contribution is 2.36. The van der Waals surface area contributed by atoms with Gasteiger partial charge in [0.05, 0.1) is 28.5 Å². The second-order valence-electron chi connectivity index (χ2n) is 8.84. The van der Waals surface area contributed by atoms with E-state index in [-0.39, 0.29) is 11.1 Å². The van der Waals surface area contributed by atoms with Crippen LogP contribution in [0.25, 0.3) is 16.7 Å². The maximum atomic E-state index is 14.7. The molecule has 1 aliphatic rings. The van der Waals surface area contributed by atoms with Crippen LogP contribution >= 0.6 is 11.6 Å². The van der Waals surface area contributed by atoms with Crippen molar-refractivity contribution in [2.45, 2.75) is 52.0 Å². The fourth-order valence-electron chi connectivity index (χ4n) is 4.61. The fraction of sp³-hybridized carbons (Fsp3) is 0.320. The first-order valence-electron chi connectivity index (χ1n) is 11.2. The first-order chi connectivity index (χ1) is 16.1. The Labute approximate surface area is 200 Å². The van der Waals surface area contributed by atoms with Crippen molar-refractivity contribution in [3.63, 3.8) is 0 Å². The Morgan fingerprint density at radius 2 is 2.00 bits per heavy atom. The standard InChI is InChI=1S/C25H24ClF2N5O/c1-13(23-31-18-9-8-16(26)12-20(18)32-23)29-24(34)15-7-10-21(17(11-15)25(3,27)28)33-14(2)30-19-5-4-6-22(19)33/h7-13H,4-6H2,1-3H3,(H,29,34)(H,31,32)/t13-/m0/s1. The summed E-state index contributed by atoms with van der Waals surface area (Å²) in [6.07, 6.45) is 2.61. The van der Waals surface area contributed by atoms with E-state index in [0.29, 0.717) is 27.9 Å². The Kier molecular flexibility index (Phi) is 5.43. The fourth-order valence-corrected chi connectivity index (χ4v) is 4.78. The molecular formula is C25H24ClF2N5O. The predicted molar refractivity (Wildman–Crippen MR) is 127 cm³/mol. The summed E-state index contributed by atoms with van der Waals surface area (Å²) in [5, 5.41) is 3.41. The van der Waals surface area contributed by atoms with E-state index in [4.69, 9.17) is 11.6 Å². The van der Waals surface area contributed by atoms with Crippen LogP contribution in [0.3, 0.4) is 0 Å². The molecule has 0 saturated carbocycles. The molecule has 1 amide bonds. The van der Waals surface area contributed by atoms with E-state index in [1.165, 1.54) is 6.07 Å². The van der Waals surface area contributed by atoms with E-state index in [1.807, 2.05) is 13.0 Å². The van der Waals surface area contributed by atoms with Crippen LogP contribution in [0.5, 0.6) is 0 Å². The molecule has 9 heteroatoms. The van der Waals surface area contributed by atoms with E-state index in [2.05, 4.69) is 20.3 Å². The Morgan fingerprint density at radius 3 is 2.76 bits per heavy atom. The average molecular weight is 484 g/mol. The molecule has 0 spiro atoms. The topological polar surface area (TPSA) is 75.6 Å². The molecule has 176 valence electrons. The van der Waals surface area contributed by atoms with Crippen LogP contribution in [0, 0.1) is 6.92 Å². The highest BCUT2D eigenvalue weighted by atomic mass is 35.5. The van der Waals surface area contributed by atoms with Crippen molar-refractivity contribution in [1.82, 2.24) is 24.8 Å². The Bertz CT molecular complexity index is 1420. The molecule has 0 unspecified atom stereocenters. The monoisotopic (exact) mass is 483 g/mol. The quantitative estimate of drug-likeness (QED) is 0.376. The molecule has 1 atom stereocenters. The lowest BCUT2D eigenvalue weighted by molar-refractivity contribution is 0.0174. The number of alkyl halides is 2. The third-order valence-corrected chi connectivity index (χ3v) is 6.48. The SMILES string of the molecule is Cc1nc2c(n1-c1ccc(C(=O)N[C@@H](C)c3nc4cc(Cl)ccc4[nH]3)cc1C(C)(F)F)CCC2. The Balaban J connectivity index is 1.46. The number of carbonyl (C=O) groups excluding carboxylic acids is 1. The van der Waals surface area contributed by atoms with E-state index >= 15 is 0 Å². The number of hydrogen-bond donors (Lipinski definition) is 2. The zero-order valence-electron chi connectivity index (χ0n) is 19.0. The van der Waals surface area contributed by atoms with Gasteiger partial charge in [0, 0.05) is 28.8 Å².